The van der Waals surface area contributed by atoms with Gasteiger partial charge in [0.2, 0.25) is 0 Å². The van der Waals surface area contributed by atoms with Crippen LogP contribution in [0.1, 0.15) is 23.7 Å². The van der Waals surface area contributed by atoms with Gasteiger partial charge in [0.1, 0.15) is 5.75 Å². The first-order chi connectivity index (χ1) is 12.3. The molecule has 1 aromatic heterocycles. The standard InChI is InChI=1S/C19H20N2O4S/c1-4-14-8-9-15(17-10-13(3)20-25-17)11-18(14)26(23,24)21-19-12(2)6-5-7-16(19)22/h5-11,21-22H,4H2,1-3H3. The molecule has 3 aromatic rings. The maximum Gasteiger partial charge on any atom is 0.262 e. The molecule has 0 amide bonds. The normalized spacial score (nSPS) is 11.5. The Morgan fingerprint density at radius 3 is 2.54 bits per heavy atom. The number of sulfonamides is 1. The molecule has 0 saturated heterocycles. The number of aryl methyl sites for hydroxylation is 3. The van der Waals surface area contributed by atoms with Gasteiger partial charge >= 0.3 is 0 Å². The zero-order valence-electron chi connectivity index (χ0n) is 14.8. The molecular weight excluding hydrogens is 352 g/mol. The van der Waals surface area contributed by atoms with Gasteiger partial charge in [-0.2, -0.15) is 0 Å². The molecule has 26 heavy (non-hydrogen) atoms. The molecule has 0 fully saturated rings. The Morgan fingerprint density at radius 1 is 1.15 bits per heavy atom. The Kier molecular flexibility index (Phi) is 4.73. The van der Waals surface area contributed by atoms with Gasteiger partial charge in [-0.25, -0.2) is 8.42 Å². The van der Waals surface area contributed by atoms with E-state index in [2.05, 4.69) is 9.88 Å². The van der Waals surface area contributed by atoms with E-state index in [0.717, 1.165) is 0 Å². The van der Waals surface area contributed by atoms with E-state index < -0.39 is 10.0 Å². The summed E-state index contributed by atoms with van der Waals surface area (Å²) in [6.45, 7) is 5.41. The van der Waals surface area contributed by atoms with Crippen LogP contribution in [-0.2, 0) is 16.4 Å². The van der Waals surface area contributed by atoms with Crippen molar-refractivity contribution in [1.82, 2.24) is 5.16 Å². The van der Waals surface area contributed by atoms with E-state index in [-0.39, 0.29) is 16.3 Å². The van der Waals surface area contributed by atoms with Gasteiger partial charge < -0.3 is 9.63 Å². The Hall–Kier alpha value is -2.80. The Balaban J connectivity index is 2.08. The second-order valence-electron chi connectivity index (χ2n) is 6.08. The molecule has 0 unspecified atom stereocenters. The van der Waals surface area contributed by atoms with E-state index in [1.54, 1.807) is 44.2 Å². The zero-order chi connectivity index (χ0) is 18.9. The first-order valence-electron chi connectivity index (χ1n) is 8.20. The van der Waals surface area contributed by atoms with E-state index in [4.69, 9.17) is 4.52 Å². The van der Waals surface area contributed by atoms with Crippen molar-refractivity contribution in [2.45, 2.75) is 32.1 Å². The molecule has 6 nitrogen and oxygen atoms in total. The predicted molar refractivity (Wildman–Crippen MR) is 99.7 cm³/mol. The summed E-state index contributed by atoms with van der Waals surface area (Å²) in [6, 6.07) is 11.7. The monoisotopic (exact) mass is 372 g/mol. The predicted octanol–water partition coefficient (Wildman–Crippen LogP) is 4.03. The van der Waals surface area contributed by atoms with Crippen molar-refractivity contribution >= 4 is 15.7 Å². The van der Waals surface area contributed by atoms with Gasteiger partial charge in [-0.1, -0.05) is 36.3 Å². The Labute approximate surface area is 152 Å². The number of aromatic nitrogens is 1. The minimum absolute atomic E-state index is 0.117. The molecule has 2 N–H and O–H groups in total. The molecule has 0 radical (unpaired) electrons. The molecule has 0 aliphatic rings. The fourth-order valence-corrected chi connectivity index (χ4v) is 4.21. The molecule has 0 saturated carbocycles. The SMILES string of the molecule is CCc1ccc(-c2cc(C)no2)cc1S(=O)(=O)Nc1c(C)cccc1O. The third kappa shape index (κ3) is 3.43. The number of phenolic OH excluding ortho intramolecular Hbond substituents is 1. The van der Waals surface area contributed by atoms with Gasteiger partial charge in [-0.3, -0.25) is 4.72 Å². The van der Waals surface area contributed by atoms with Crippen molar-refractivity contribution in [2.24, 2.45) is 0 Å². The summed E-state index contributed by atoms with van der Waals surface area (Å²) in [7, 11) is -3.90. The maximum absolute atomic E-state index is 13.0. The molecule has 3 rings (SSSR count). The topological polar surface area (TPSA) is 92.4 Å². The lowest BCUT2D eigenvalue weighted by molar-refractivity contribution is 0.427. The molecule has 0 spiro atoms. The van der Waals surface area contributed by atoms with Crippen LogP contribution in [0.4, 0.5) is 5.69 Å². The largest absolute Gasteiger partial charge is 0.506 e. The lowest BCUT2D eigenvalue weighted by Crippen LogP contribution is -2.16. The van der Waals surface area contributed by atoms with Crippen molar-refractivity contribution < 1.29 is 18.0 Å². The van der Waals surface area contributed by atoms with E-state index in [9.17, 15) is 13.5 Å². The van der Waals surface area contributed by atoms with Gasteiger partial charge in [-0.05, 0) is 43.5 Å². The number of rotatable bonds is 5. The van der Waals surface area contributed by atoms with Crippen LogP contribution in [0.2, 0.25) is 0 Å². The molecular formula is C19H20N2O4S. The number of phenols is 1. The highest BCUT2D eigenvalue weighted by Gasteiger charge is 2.22. The quantitative estimate of drug-likeness (QED) is 0.660. The van der Waals surface area contributed by atoms with Crippen LogP contribution in [-0.4, -0.2) is 18.7 Å². The van der Waals surface area contributed by atoms with Crippen molar-refractivity contribution in [2.75, 3.05) is 4.72 Å². The highest BCUT2D eigenvalue weighted by Crippen LogP contribution is 2.32. The second-order valence-corrected chi connectivity index (χ2v) is 7.73. The minimum atomic E-state index is -3.90. The number of nitrogens with zero attached hydrogens (tertiary/aromatic N) is 1. The summed E-state index contributed by atoms with van der Waals surface area (Å²) in [5, 5.41) is 13.9. The fraction of sp³-hybridized carbons (Fsp3) is 0.211. The summed E-state index contributed by atoms with van der Waals surface area (Å²) in [5.41, 5.74) is 2.82. The molecule has 0 aliphatic heterocycles. The number of benzene rings is 2. The number of nitrogens with one attached hydrogen (secondary N) is 1. The van der Waals surface area contributed by atoms with Crippen LogP contribution < -0.4 is 4.72 Å². The van der Waals surface area contributed by atoms with E-state index in [1.807, 2.05) is 13.0 Å². The smallest absolute Gasteiger partial charge is 0.262 e. The summed E-state index contributed by atoms with van der Waals surface area (Å²) < 4.78 is 33.8. The second kappa shape index (κ2) is 6.84. The van der Waals surface area contributed by atoms with Crippen LogP contribution in [0.3, 0.4) is 0 Å². The van der Waals surface area contributed by atoms with Gasteiger partial charge in [0.05, 0.1) is 16.3 Å². The molecule has 1 heterocycles. The highest BCUT2D eigenvalue weighted by molar-refractivity contribution is 7.92. The number of aromatic hydroxyl groups is 1. The number of hydrogen-bond acceptors (Lipinski definition) is 5. The van der Waals surface area contributed by atoms with Gasteiger partial charge in [0, 0.05) is 11.6 Å². The van der Waals surface area contributed by atoms with Crippen LogP contribution in [0.25, 0.3) is 11.3 Å². The molecule has 2 aromatic carbocycles. The van der Waals surface area contributed by atoms with E-state index >= 15 is 0 Å². The van der Waals surface area contributed by atoms with Crippen molar-refractivity contribution in [3.05, 3.63) is 59.3 Å². The Morgan fingerprint density at radius 2 is 1.92 bits per heavy atom. The molecule has 0 bridgehead atoms. The summed E-state index contributed by atoms with van der Waals surface area (Å²) in [4.78, 5) is 0.147. The maximum atomic E-state index is 13.0. The van der Waals surface area contributed by atoms with Crippen molar-refractivity contribution in [3.63, 3.8) is 0 Å². The molecule has 0 atom stereocenters. The molecule has 7 heteroatoms. The average molecular weight is 372 g/mol. The fourth-order valence-electron chi connectivity index (χ4n) is 2.72. The highest BCUT2D eigenvalue weighted by atomic mass is 32.2. The first kappa shape index (κ1) is 18.0. The van der Waals surface area contributed by atoms with Crippen LogP contribution in [0.5, 0.6) is 5.75 Å². The Bertz CT molecular complexity index is 1030. The van der Waals surface area contributed by atoms with Crippen molar-refractivity contribution in [3.8, 4) is 17.1 Å². The third-order valence-corrected chi connectivity index (χ3v) is 5.57. The van der Waals surface area contributed by atoms with Gasteiger partial charge in [-0.15, -0.1) is 0 Å². The summed E-state index contributed by atoms with van der Waals surface area (Å²) in [5.74, 6) is 0.383. The lowest BCUT2D eigenvalue weighted by atomic mass is 10.1. The summed E-state index contributed by atoms with van der Waals surface area (Å²) >= 11 is 0. The van der Waals surface area contributed by atoms with E-state index in [0.29, 0.717) is 34.6 Å². The molecule has 0 aliphatic carbocycles. The van der Waals surface area contributed by atoms with Crippen LogP contribution in [0, 0.1) is 13.8 Å². The first-order valence-corrected chi connectivity index (χ1v) is 9.68. The van der Waals surface area contributed by atoms with Crippen LogP contribution in [0.15, 0.2) is 51.9 Å². The lowest BCUT2D eigenvalue weighted by Gasteiger charge is -2.15. The van der Waals surface area contributed by atoms with Gasteiger partial charge in [0.15, 0.2) is 5.76 Å². The third-order valence-electron chi connectivity index (χ3n) is 4.14. The molecule has 136 valence electrons. The average Bonchev–Trinajstić information content (AvgIpc) is 3.04. The summed E-state index contributed by atoms with van der Waals surface area (Å²) in [6.07, 6.45) is 0.547. The van der Waals surface area contributed by atoms with Crippen molar-refractivity contribution in [1.29, 1.82) is 0 Å². The number of para-hydroxylation sites is 1. The van der Waals surface area contributed by atoms with E-state index in [1.165, 1.54) is 6.07 Å². The zero-order valence-corrected chi connectivity index (χ0v) is 15.6. The number of anilines is 1. The number of hydrogen-bond donors (Lipinski definition) is 2. The van der Waals surface area contributed by atoms with Crippen LogP contribution >= 0.6 is 0 Å². The van der Waals surface area contributed by atoms with Gasteiger partial charge in [0.25, 0.3) is 10.0 Å². The minimum Gasteiger partial charge on any atom is -0.506 e.